The van der Waals surface area contributed by atoms with Crippen LogP contribution in [0.15, 0.2) is 0 Å². The van der Waals surface area contributed by atoms with E-state index in [1.165, 1.54) is 6.42 Å². The minimum absolute atomic E-state index is 0.109. The van der Waals surface area contributed by atoms with Crippen LogP contribution in [0.2, 0.25) is 0 Å². The molecule has 0 radical (unpaired) electrons. The summed E-state index contributed by atoms with van der Waals surface area (Å²) in [6.45, 7) is 5.77. The van der Waals surface area contributed by atoms with E-state index >= 15 is 0 Å². The van der Waals surface area contributed by atoms with Crippen LogP contribution in [-0.2, 0) is 9.47 Å². The number of aliphatic hydroxyl groups excluding tert-OH is 2. The fraction of sp³-hybridized carbons (Fsp3) is 0.929. The van der Waals surface area contributed by atoms with Crippen LogP contribution in [0.4, 0.5) is 4.79 Å². The molecule has 0 bridgehead atoms. The number of carbonyl (C=O) groups excluding carboxylic acids is 1. The van der Waals surface area contributed by atoms with Gasteiger partial charge in [-0.15, -0.1) is 0 Å². The third-order valence-electron chi connectivity index (χ3n) is 3.81. The summed E-state index contributed by atoms with van der Waals surface area (Å²) in [7, 11) is 0. The van der Waals surface area contributed by atoms with Gasteiger partial charge in [0.2, 0.25) is 0 Å². The smallest absolute Gasteiger partial charge is 0.431 e. The normalized spacial score (nSPS) is 29.1. The Morgan fingerprint density at radius 2 is 2.05 bits per heavy atom. The lowest BCUT2D eigenvalue weighted by molar-refractivity contribution is -0.0475. The Kier molecular flexibility index (Phi) is 6.58. The van der Waals surface area contributed by atoms with Crippen molar-refractivity contribution in [3.63, 3.8) is 0 Å². The van der Waals surface area contributed by atoms with E-state index in [-0.39, 0.29) is 12.7 Å². The molecule has 0 spiro atoms. The summed E-state index contributed by atoms with van der Waals surface area (Å²) < 4.78 is 10.2. The maximum Gasteiger partial charge on any atom is 0.508 e. The van der Waals surface area contributed by atoms with E-state index in [4.69, 9.17) is 19.7 Å². The summed E-state index contributed by atoms with van der Waals surface area (Å²) >= 11 is 0. The lowest BCUT2D eigenvalue weighted by Crippen LogP contribution is -2.36. The number of rotatable bonds is 5. The molecule has 4 atom stereocenters. The molecule has 5 nitrogen and oxygen atoms in total. The van der Waals surface area contributed by atoms with Gasteiger partial charge in [-0.05, 0) is 30.6 Å². The van der Waals surface area contributed by atoms with Crippen LogP contribution < -0.4 is 0 Å². The Balaban J connectivity index is 2.44. The molecule has 0 heterocycles. The molecule has 0 aromatic carbocycles. The zero-order chi connectivity index (χ0) is 14.4. The van der Waals surface area contributed by atoms with Gasteiger partial charge in [0.1, 0.15) is 18.8 Å². The highest BCUT2D eigenvalue weighted by Crippen LogP contribution is 2.35. The van der Waals surface area contributed by atoms with E-state index < -0.39 is 18.9 Å². The zero-order valence-corrected chi connectivity index (χ0v) is 12.0. The molecule has 112 valence electrons. The molecule has 0 aliphatic heterocycles. The van der Waals surface area contributed by atoms with Gasteiger partial charge < -0.3 is 19.7 Å². The van der Waals surface area contributed by atoms with Crippen molar-refractivity contribution in [2.45, 2.75) is 52.2 Å². The van der Waals surface area contributed by atoms with Gasteiger partial charge in [0.15, 0.2) is 0 Å². The average Bonchev–Trinajstić information content (AvgIpc) is 2.35. The second-order valence-electron chi connectivity index (χ2n) is 5.88. The summed E-state index contributed by atoms with van der Waals surface area (Å²) in [5, 5.41) is 17.7. The van der Waals surface area contributed by atoms with E-state index in [1.807, 2.05) is 0 Å². The number of hydrogen-bond donors (Lipinski definition) is 2. The number of aliphatic hydroxyl groups is 2. The van der Waals surface area contributed by atoms with Gasteiger partial charge in [0, 0.05) is 0 Å². The van der Waals surface area contributed by atoms with E-state index in [0.29, 0.717) is 17.8 Å². The highest BCUT2D eigenvalue weighted by atomic mass is 16.7. The van der Waals surface area contributed by atoms with Gasteiger partial charge in [0.25, 0.3) is 0 Å². The minimum atomic E-state index is -1.04. The zero-order valence-electron chi connectivity index (χ0n) is 12.0. The molecule has 0 aromatic heterocycles. The maximum absolute atomic E-state index is 11.6. The SMILES string of the molecule is CC(C)[C@@H]1CC[C@@H](C)C[C@H]1OC(=O)OCC(O)CO. The van der Waals surface area contributed by atoms with Crippen molar-refractivity contribution < 1.29 is 24.5 Å². The molecule has 1 saturated carbocycles. The van der Waals surface area contributed by atoms with E-state index in [2.05, 4.69) is 20.8 Å². The first-order valence-corrected chi connectivity index (χ1v) is 7.06. The number of ether oxygens (including phenoxy) is 2. The molecular formula is C14H26O5. The van der Waals surface area contributed by atoms with Crippen molar-refractivity contribution in [2.75, 3.05) is 13.2 Å². The third kappa shape index (κ3) is 5.37. The monoisotopic (exact) mass is 274 g/mol. The first-order chi connectivity index (χ1) is 8.93. The molecule has 1 unspecified atom stereocenters. The lowest BCUT2D eigenvalue weighted by atomic mass is 9.75. The topological polar surface area (TPSA) is 76.0 Å². The highest BCUT2D eigenvalue weighted by molar-refractivity contribution is 5.60. The van der Waals surface area contributed by atoms with Crippen molar-refractivity contribution in [1.82, 2.24) is 0 Å². The fourth-order valence-corrected chi connectivity index (χ4v) is 2.62. The second kappa shape index (κ2) is 7.70. The largest absolute Gasteiger partial charge is 0.508 e. The van der Waals surface area contributed by atoms with Gasteiger partial charge in [-0.25, -0.2) is 4.79 Å². The van der Waals surface area contributed by atoms with Crippen LogP contribution >= 0.6 is 0 Å². The molecule has 5 heteroatoms. The molecule has 0 amide bonds. The predicted octanol–water partition coefficient (Wildman–Crippen LogP) is 1.95. The molecule has 1 aliphatic carbocycles. The van der Waals surface area contributed by atoms with Gasteiger partial charge in [-0.1, -0.05) is 27.2 Å². The van der Waals surface area contributed by atoms with Crippen LogP contribution in [-0.4, -0.2) is 41.8 Å². The van der Waals surface area contributed by atoms with Crippen LogP contribution in [0.1, 0.15) is 40.0 Å². The second-order valence-corrected chi connectivity index (χ2v) is 5.88. The average molecular weight is 274 g/mol. The molecule has 1 rings (SSSR count). The highest BCUT2D eigenvalue weighted by Gasteiger charge is 2.33. The van der Waals surface area contributed by atoms with Crippen LogP contribution in [0, 0.1) is 17.8 Å². The summed E-state index contributed by atoms with van der Waals surface area (Å²) in [4.78, 5) is 11.6. The van der Waals surface area contributed by atoms with Crippen molar-refractivity contribution in [2.24, 2.45) is 17.8 Å². The van der Waals surface area contributed by atoms with Gasteiger partial charge >= 0.3 is 6.16 Å². The Morgan fingerprint density at radius 3 is 2.63 bits per heavy atom. The summed E-state index contributed by atoms with van der Waals surface area (Å²) in [5.74, 6) is 1.38. The van der Waals surface area contributed by atoms with Crippen molar-refractivity contribution in [3.05, 3.63) is 0 Å². The number of carbonyl (C=O) groups is 1. The predicted molar refractivity (Wildman–Crippen MR) is 70.7 cm³/mol. The van der Waals surface area contributed by atoms with Gasteiger partial charge in [0.05, 0.1) is 6.61 Å². The van der Waals surface area contributed by atoms with E-state index in [1.54, 1.807) is 0 Å². The Bertz CT molecular complexity index is 279. The van der Waals surface area contributed by atoms with Crippen molar-refractivity contribution >= 4 is 6.16 Å². The molecule has 19 heavy (non-hydrogen) atoms. The Morgan fingerprint density at radius 1 is 1.37 bits per heavy atom. The molecule has 1 fully saturated rings. The first kappa shape index (κ1) is 16.2. The van der Waals surface area contributed by atoms with E-state index in [0.717, 1.165) is 12.8 Å². The van der Waals surface area contributed by atoms with Gasteiger partial charge in [-0.3, -0.25) is 0 Å². The lowest BCUT2D eigenvalue weighted by Gasteiger charge is -2.36. The number of hydrogen-bond acceptors (Lipinski definition) is 5. The summed E-state index contributed by atoms with van der Waals surface area (Å²) in [6, 6.07) is 0. The van der Waals surface area contributed by atoms with Crippen LogP contribution in [0.3, 0.4) is 0 Å². The Labute approximate surface area is 114 Å². The summed E-state index contributed by atoms with van der Waals surface area (Å²) in [6.07, 6.45) is 1.19. The minimum Gasteiger partial charge on any atom is -0.431 e. The molecular weight excluding hydrogens is 248 g/mol. The first-order valence-electron chi connectivity index (χ1n) is 7.06. The summed E-state index contributed by atoms with van der Waals surface area (Å²) in [5.41, 5.74) is 0. The molecule has 1 aliphatic rings. The van der Waals surface area contributed by atoms with Crippen molar-refractivity contribution in [3.8, 4) is 0 Å². The van der Waals surface area contributed by atoms with Crippen molar-refractivity contribution in [1.29, 1.82) is 0 Å². The maximum atomic E-state index is 11.6. The van der Waals surface area contributed by atoms with Crippen LogP contribution in [0.25, 0.3) is 0 Å². The standard InChI is InChI=1S/C14H26O5/c1-9(2)12-5-4-10(3)6-13(12)19-14(17)18-8-11(16)7-15/h9-13,15-16H,4-8H2,1-3H3/t10-,11?,12+,13-/m1/s1. The Hall–Kier alpha value is -0.810. The van der Waals surface area contributed by atoms with E-state index in [9.17, 15) is 4.79 Å². The quantitative estimate of drug-likeness (QED) is 0.749. The third-order valence-corrected chi connectivity index (χ3v) is 3.81. The van der Waals surface area contributed by atoms with Gasteiger partial charge in [-0.2, -0.15) is 0 Å². The van der Waals surface area contributed by atoms with Crippen LogP contribution in [0.5, 0.6) is 0 Å². The fourth-order valence-electron chi connectivity index (χ4n) is 2.62. The molecule has 2 N–H and O–H groups in total. The molecule has 0 saturated heterocycles. The molecule has 0 aromatic rings.